The van der Waals surface area contributed by atoms with Crippen molar-refractivity contribution in [3.63, 3.8) is 0 Å². The maximum Gasteiger partial charge on any atom is 0.472 e. The molecule has 12 heteroatoms. The third-order valence-corrected chi connectivity index (χ3v) is 17.0. The van der Waals surface area contributed by atoms with E-state index in [0.29, 0.717) is 19.3 Å². The Labute approximate surface area is 518 Å². The summed E-state index contributed by atoms with van der Waals surface area (Å²) in [5.74, 6) is -1.44. The van der Waals surface area contributed by atoms with Crippen molar-refractivity contribution in [2.75, 3.05) is 26.4 Å². The van der Waals surface area contributed by atoms with Crippen LogP contribution in [0, 0.1) is 0 Å². The van der Waals surface area contributed by atoms with Gasteiger partial charge in [-0.05, 0) is 57.8 Å². The summed E-state index contributed by atoms with van der Waals surface area (Å²) in [5.41, 5.74) is 0. The van der Waals surface area contributed by atoms with Crippen molar-refractivity contribution in [3.8, 4) is 0 Å². The molecule has 0 amide bonds. The molecule has 0 aromatic heterocycles. The summed E-state index contributed by atoms with van der Waals surface area (Å²) < 4.78 is 39.9. The van der Waals surface area contributed by atoms with Crippen molar-refractivity contribution in [1.29, 1.82) is 0 Å². The summed E-state index contributed by atoms with van der Waals surface area (Å²) in [4.78, 5) is 48.9. The van der Waals surface area contributed by atoms with Gasteiger partial charge in [0, 0.05) is 19.3 Å². The molecule has 0 rings (SSSR count). The van der Waals surface area contributed by atoms with E-state index >= 15 is 0 Å². The smallest absolute Gasteiger partial charge is 0.462 e. The van der Waals surface area contributed by atoms with E-state index in [1.165, 1.54) is 218 Å². The van der Waals surface area contributed by atoms with Gasteiger partial charge in [0.15, 0.2) is 6.10 Å². The standard InChI is InChI=1S/C72H135O11P/c1-4-7-10-13-16-19-22-25-28-31-34-37-40-43-46-49-52-55-58-61-70(74)79-65-69(83-72(76)63-60-57-54-51-48-45-42-39-36-33-30-27-24-21-18-15-12-9-6-3)67-81-84(77,78)80-66-68(64-73)82-71(75)62-59-56-53-50-47-44-41-38-35-32-29-26-23-20-17-14-11-8-5-2/h18,21,27,30,36,39,68-69,73H,4-17,19-20,22-26,28-29,31-35,37-38,40-67H2,1-3H3,(H,77,78)/b21-18-,30-27-,39-36-. The lowest BCUT2D eigenvalue weighted by atomic mass is 10.0. The van der Waals surface area contributed by atoms with E-state index in [1.54, 1.807) is 0 Å². The zero-order valence-corrected chi connectivity index (χ0v) is 56.0. The largest absolute Gasteiger partial charge is 0.472 e. The van der Waals surface area contributed by atoms with Crippen molar-refractivity contribution in [1.82, 2.24) is 0 Å². The van der Waals surface area contributed by atoms with Crippen LogP contribution in [0.25, 0.3) is 0 Å². The molecular formula is C72H135O11P. The predicted octanol–water partition coefficient (Wildman–Crippen LogP) is 22.3. The summed E-state index contributed by atoms with van der Waals surface area (Å²) in [6.07, 6.45) is 73.8. The number of phosphoric ester groups is 1. The molecule has 3 unspecified atom stereocenters. The van der Waals surface area contributed by atoms with Crippen molar-refractivity contribution >= 4 is 25.7 Å². The molecule has 0 spiro atoms. The van der Waals surface area contributed by atoms with Crippen LogP contribution in [-0.4, -0.2) is 66.5 Å². The molecule has 0 aliphatic heterocycles. The number of unbranched alkanes of at least 4 members (excludes halogenated alkanes) is 45. The normalized spacial score (nSPS) is 13.3. The maximum atomic E-state index is 13.0. The van der Waals surface area contributed by atoms with Gasteiger partial charge in [-0.2, -0.15) is 0 Å². The fraction of sp³-hybridized carbons (Fsp3) is 0.875. The van der Waals surface area contributed by atoms with Crippen molar-refractivity contribution in [3.05, 3.63) is 36.5 Å². The number of esters is 3. The van der Waals surface area contributed by atoms with Gasteiger partial charge in [-0.3, -0.25) is 23.4 Å². The molecule has 0 heterocycles. The zero-order valence-electron chi connectivity index (χ0n) is 55.1. The van der Waals surface area contributed by atoms with E-state index in [4.69, 9.17) is 23.3 Å². The molecule has 0 aromatic rings. The summed E-state index contributed by atoms with van der Waals surface area (Å²) in [5, 5.41) is 9.89. The van der Waals surface area contributed by atoms with Crippen LogP contribution >= 0.6 is 7.82 Å². The van der Waals surface area contributed by atoms with Gasteiger partial charge in [0.1, 0.15) is 12.7 Å². The van der Waals surface area contributed by atoms with Crippen molar-refractivity contribution < 1.29 is 52.2 Å². The van der Waals surface area contributed by atoms with E-state index in [1.807, 2.05) is 0 Å². The minimum absolute atomic E-state index is 0.158. The first-order chi connectivity index (χ1) is 41.2. The lowest BCUT2D eigenvalue weighted by Crippen LogP contribution is -2.30. The average Bonchev–Trinajstić information content (AvgIpc) is 3.53. The highest BCUT2D eigenvalue weighted by atomic mass is 31.2. The SMILES string of the molecule is CCCCC/C=C\C/C=C\C/C=C\CCCCCCCCC(=O)OC(COC(=O)CCCCCCCCCCCCCCCCCCCCC)COP(=O)(O)OCC(CO)OC(=O)CCCCCCCCCCCCCCCCCCCCC. The lowest BCUT2D eigenvalue weighted by molar-refractivity contribution is -0.161. The number of ether oxygens (including phenoxy) is 3. The molecule has 0 bridgehead atoms. The highest BCUT2D eigenvalue weighted by molar-refractivity contribution is 7.47. The monoisotopic (exact) mass is 1210 g/mol. The Bertz CT molecular complexity index is 1550. The number of rotatable bonds is 68. The molecule has 0 radical (unpaired) electrons. The van der Waals surface area contributed by atoms with Crippen LogP contribution in [0.15, 0.2) is 36.5 Å². The first kappa shape index (κ1) is 81.7. The van der Waals surface area contributed by atoms with Crippen LogP contribution in [0.4, 0.5) is 0 Å². The molecule has 11 nitrogen and oxygen atoms in total. The van der Waals surface area contributed by atoms with Gasteiger partial charge in [0.05, 0.1) is 19.8 Å². The van der Waals surface area contributed by atoms with Gasteiger partial charge in [0.25, 0.3) is 0 Å². The van der Waals surface area contributed by atoms with Crippen LogP contribution in [0.3, 0.4) is 0 Å². The van der Waals surface area contributed by atoms with Gasteiger partial charge < -0.3 is 24.2 Å². The molecule has 0 aliphatic carbocycles. The number of hydrogen-bond donors (Lipinski definition) is 2. The number of carbonyl (C=O) groups is 3. The Kier molecular flexibility index (Phi) is 64.8. The second-order valence-electron chi connectivity index (χ2n) is 24.4. The van der Waals surface area contributed by atoms with Crippen LogP contribution in [0.1, 0.15) is 367 Å². The minimum atomic E-state index is -4.76. The maximum absolute atomic E-state index is 13.0. The minimum Gasteiger partial charge on any atom is -0.462 e. The van der Waals surface area contributed by atoms with Crippen molar-refractivity contribution in [2.45, 2.75) is 380 Å². The quantitative estimate of drug-likeness (QED) is 0.0197. The Hall–Kier alpha value is -2.30. The molecule has 494 valence electrons. The predicted molar refractivity (Wildman–Crippen MR) is 353 cm³/mol. The molecule has 0 fully saturated rings. The molecule has 0 aromatic carbocycles. The third-order valence-electron chi connectivity index (χ3n) is 16.1. The fourth-order valence-corrected chi connectivity index (χ4v) is 11.4. The van der Waals surface area contributed by atoms with E-state index in [-0.39, 0.29) is 25.9 Å². The van der Waals surface area contributed by atoms with E-state index in [2.05, 4.69) is 57.2 Å². The number of aliphatic hydroxyl groups is 1. The number of allylic oxidation sites excluding steroid dienone is 6. The molecule has 0 aliphatic rings. The fourth-order valence-electron chi connectivity index (χ4n) is 10.6. The Morgan fingerprint density at radius 3 is 0.917 bits per heavy atom. The molecular weight excluding hydrogens is 1070 g/mol. The zero-order chi connectivity index (χ0) is 61.2. The number of hydrogen-bond acceptors (Lipinski definition) is 10. The summed E-state index contributed by atoms with van der Waals surface area (Å²) >= 11 is 0. The topological polar surface area (TPSA) is 155 Å². The van der Waals surface area contributed by atoms with Crippen molar-refractivity contribution in [2.24, 2.45) is 0 Å². The molecule has 3 atom stereocenters. The number of phosphoric acid groups is 1. The second kappa shape index (κ2) is 66.6. The second-order valence-corrected chi connectivity index (χ2v) is 25.9. The van der Waals surface area contributed by atoms with Gasteiger partial charge in [-0.15, -0.1) is 0 Å². The van der Waals surface area contributed by atoms with Gasteiger partial charge >= 0.3 is 25.7 Å². The average molecular weight is 1210 g/mol. The van der Waals surface area contributed by atoms with E-state index in [0.717, 1.165) is 89.9 Å². The van der Waals surface area contributed by atoms with E-state index in [9.17, 15) is 28.9 Å². The molecule has 0 saturated carbocycles. The summed E-state index contributed by atoms with van der Waals surface area (Å²) in [6, 6.07) is 0. The Morgan fingerprint density at radius 1 is 0.333 bits per heavy atom. The summed E-state index contributed by atoms with van der Waals surface area (Å²) in [6.45, 7) is 4.71. The third kappa shape index (κ3) is 64.2. The molecule has 2 N–H and O–H groups in total. The van der Waals surface area contributed by atoms with Crippen LogP contribution < -0.4 is 0 Å². The molecule has 84 heavy (non-hydrogen) atoms. The summed E-state index contributed by atoms with van der Waals surface area (Å²) in [7, 11) is -4.76. The van der Waals surface area contributed by atoms with Crippen LogP contribution in [0.2, 0.25) is 0 Å². The van der Waals surface area contributed by atoms with Gasteiger partial charge in [-0.25, -0.2) is 4.57 Å². The number of carbonyl (C=O) groups excluding carboxylic acids is 3. The Morgan fingerprint density at radius 2 is 0.583 bits per heavy atom. The first-order valence-electron chi connectivity index (χ1n) is 35.9. The highest BCUT2D eigenvalue weighted by Crippen LogP contribution is 2.43. The Balaban J connectivity index is 4.63. The van der Waals surface area contributed by atoms with Gasteiger partial charge in [-0.1, -0.05) is 327 Å². The molecule has 0 saturated heterocycles. The van der Waals surface area contributed by atoms with E-state index < -0.39 is 57.8 Å². The van der Waals surface area contributed by atoms with Crippen LogP contribution in [-0.2, 0) is 42.2 Å². The van der Waals surface area contributed by atoms with Gasteiger partial charge in [0.2, 0.25) is 0 Å². The highest BCUT2D eigenvalue weighted by Gasteiger charge is 2.28. The number of aliphatic hydroxyl groups excluding tert-OH is 1. The lowest BCUT2D eigenvalue weighted by Gasteiger charge is -2.21. The van der Waals surface area contributed by atoms with Crippen LogP contribution in [0.5, 0.6) is 0 Å². The first-order valence-corrected chi connectivity index (χ1v) is 37.4.